The molecule has 0 amide bonds. The van der Waals surface area contributed by atoms with E-state index in [0.29, 0.717) is 6.07 Å². The van der Waals surface area contributed by atoms with Crippen LogP contribution in [-0.4, -0.2) is 21.9 Å². The monoisotopic (exact) mass is 402 g/mol. The van der Waals surface area contributed by atoms with Crippen molar-refractivity contribution >= 4 is 28.4 Å². The first kappa shape index (κ1) is 20.3. The van der Waals surface area contributed by atoms with Crippen LogP contribution in [-0.2, 0) is 6.18 Å². The van der Waals surface area contributed by atoms with Gasteiger partial charge in [0.25, 0.3) is 17.1 Å². The summed E-state index contributed by atoms with van der Waals surface area (Å²) in [6, 6.07) is 3.34. The number of benzene rings is 2. The Bertz CT molecular complexity index is 978. The highest BCUT2D eigenvalue weighted by molar-refractivity contribution is 5.79. The number of anilines is 2. The largest absolute Gasteiger partial charge is 0.494 e. The molecule has 0 fully saturated rings. The van der Waals surface area contributed by atoms with E-state index >= 15 is 0 Å². The van der Waals surface area contributed by atoms with Gasteiger partial charge in [0.15, 0.2) is 0 Å². The summed E-state index contributed by atoms with van der Waals surface area (Å²) in [6.45, 7) is 0. The Morgan fingerprint density at radius 2 is 1.54 bits per heavy atom. The summed E-state index contributed by atoms with van der Waals surface area (Å²) in [5, 5.41) is 35.0. The summed E-state index contributed by atoms with van der Waals surface area (Å²) in [7, 11) is 1.08. The quantitative estimate of drug-likeness (QED) is 0.558. The second kappa shape index (κ2) is 7.34. The normalized spacial score (nSPS) is 11.0. The highest BCUT2D eigenvalue weighted by Crippen LogP contribution is 2.45. The lowest BCUT2D eigenvalue weighted by Crippen LogP contribution is -2.12. The molecule has 0 saturated heterocycles. The van der Waals surface area contributed by atoms with Crippen molar-refractivity contribution in [1.82, 2.24) is 0 Å². The van der Waals surface area contributed by atoms with Gasteiger partial charge in [-0.15, -0.1) is 0 Å². The van der Waals surface area contributed by atoms with Crippen molar-refractivity contribution in [3.05, 3.63) is 66.2 Å². The Morgan fingerprint density at radius 1 is 0.929 bits per heavy atom. The summed E-state index contributed by atoms with van der Waals surface area (Å²) in [5.41, 5.74) is -5.75. The maximum Gasteiger partial charge on any atom is 0.418 e. The van der Waals surface area contributed by atoms with Crippen molar-refractivity contribution in [2.24, 2.45) is 0 Å². The molecule has 148 valence electrons. The van der Waals surface area contributed by atoms with E-state index in [0.717, 1.165) is 25.3 Å². The fourth-order valence-electron chi connectivity index (χ4n) is 2.25. The van der Waals surface area contributed by atoms with Crippen LogP contribution in [0.1, 0.15) is 5.56 Å². The van der Waals surface area contributed by atoms with E-state index in [9.17, 15) is 43.5 Å². The summed E-state index contributed by atoms with van der Waals surface area (Å²) < 4.78 is 45.0. The fourth-order valence-corrected chi connectivity index (χ4v) is 2.25. The highest BCUT2D eigenvalue weighted by atomic mass is 19.4. The van der Waals surface area contributed by atoms with Crippen LogP contribution in [0.25, 0.3) is 0 Å². The molecule has 2 aromatic rings. The van der Waals surface area contributed by atoms with Gasteiger partial charge in [-0.3, -0.25) is 30.3 Å². The van der Waals surface area contributed by atoms with Gasteiger partial charge in [-0.25, -0.2) is 0 Å². The molecule has 14 heteroatoms. The van der Waals surface area contributed by atoms with Crippen molar-refractivity contribution in [1.29, 1.82) is 0 Å². The zero-order valence-corrected chi connectivity index (χ0v) is 13.7. The standard InChI is InChI=1S/C14H9F3N4O7/c1-28-12-6-7(19(22)23)2-3-10(12)18-13-9(14(15,16)17)4-8(20(24)25)5-11(13)21(26)27/h2-6,18H,1H3. The van der Waals surface area contributed by atoms with E-state index in [1.54, 1.807) is 0 Å². The van der Waals surface area contributed by atoms with Crippen LogP contribution < -0.4 is 10.1 Å². The maximum absolute atomic E-state index is 13.4. The van der Waals surface area contributed by atoms with E-state index < -0.39 is 49.3 Å². The second-order valence-corrected chi connectivity index (χ2v) is 5.17. The van der Waals surface area contributed by atoms with Gasteiger partial charge in [0, 0.05) is 12.1 Å². The Morgan fingerprint density at radius 3 is 2.00 bits per heavy atom. The zero-order valence-electron chi connectivity index (χ0n) is 13.7. The number of non-ortho nitro benzene ring substituents is 2. The lowest BCUT2D eigenvalue weighted by atomic mass is 10.1. The number of nitrogens with zero attached hydrogens (tertiary/aromatic N) is 3. The number of rotatable bonds is 6. The molecule has 11 nitrogen and oxygen atoms in total. The minimum absolute atomic E-state index is 0.146. The molecule has 0 radical (unpaired) electrons. The molecule has 1 N–H and O–H groups in total. The van der Waals surface area contributed by atoms with Crippen molar-refractivity contribution in [3.8, 4) is 5.75 Å². The third-order valence-corrected chi connectivity index (χ3v) is 3.47. The van der Waals surface area contributed by atoms with Crippen molar-refractivity contribution in [3.63, 3.8) is 0 Å². The predicted octanol–water partition coefficient (Wildman–Crippen LogP) is 4.18. The van der Waals surface area contributed by atoms with Gasteiger partial charge >= 0.3 is 6.18 Å². The highest BCUT2D eigenvalue weighted by Gasteiger charge is 2.40. The minimum Gasteiger partial charge on any atom is -0.494 e. The molecule has 0 aliphatic heterocycles. The number of nitro benzene ring substituents is 3. The van der Waals surface area contributed by atoms with E-state index in [2.05, 4.69) is 5.32 Å². The van der Waals surface area contributed by atoms with Crippen LogP contribution in [0.2, 0.25) is 0 Å². The number of hydrogen-bond acceptors (Lipinski definition) is 8. The fraction of sp³-hybridized carbons (Fsp3) is 0.143. The average molecular weight is 402 g/mol. The maximum atomic E-state index is 13.4. The molecule has 2 rings (SSSR count). The van der Waals surface area contributed by atoms with Crippen molar-refractivity contribution in [2.75, 3.05) is 12.4 Å². The summed E-state index contributed by atoms with van der Waals surface area (Å²) >= 11 is 0. The molecule has 0 unspecified atom stereocenters. The second-order valence-electron chi connectivity index (χ2n) is 5.17. The topological polar surface area (TPSA) is 151 Å². The first-order chi connectivity index (χ1) is 13.0. The molecule has 0 aromatic heterocycles. The van der Waals surface area contributed by atoms with Crippen LogP contribution in [0.3, 0.4) is 0 Å². The first-order valence-corrected chi connectivity index (χ1v) is 7.09. The number of nitrogens with one attached hydrogen (secondary N) is 1. The van der Waals surface area contributed by atoms with Gasteiger partial charge in [-0.05, 0) is 6.07 Å². The minimum atomic E-state index is -5.17. The molecule has 0 bridgehead atoms. The average Bonchev–Trinajstić information content (AvgIpc) is 2.60. The van der Waals surface area contributed by atoms with E-state index in [4.69, 9.17) is 4.74 Å². The molecule has 0 aliphatic rings. The molecule has 0 heterocycles. The Balaban J connectivity index is 2.72. The SMILES string of the molecule is COc1cc([N+](=O)[O-])ccc1Nc1c([N+](=O)[O-])cc([N+](=O)[O-])cc1C(F)(F)F. The third kappa shape index (κ3) is 4.05. The van der Waals surface area contributed by atoms with Crippen LogP contribution in [0, 0.1) is 30.3 Å². The molecule has 0 aliphatic carbocycles. The predicted molar refractivity (Wildman–Crippen MR) is 87.7 cm³/mol. The van der Waals surface area contributed by atoms with Crippen LogP contribution in [0.15, 0.2) is 30.3 Å². The van der Waals surface area contributed by atoms with Crippen LogP contribution in [0.5, 0.6) is 5.75 Å². The lowest BCUT2D eigenvalue weighted by molar-refractivity contribution is -0.394. The van der Waals surface area contributed by atoms with Gasteiger partial charge in [0.1, 0.15) is 11.4 Å². The third-order valence-electron chi connectivity index (χ3n) is 3.47. The first-order valence-electron chi connectivity index (χ1n) is 7.09. The number of methoxy groups -OCH3 is 1. The van der Waals surface area contributed by atoms with Gasteiger partial charge in [-0.2, -0.15) is 13.2 Å². The number of halogens is 3. The van der Waals surface area contributed by atoms with E-state index in [1.807, 2.05) is 0 Å². The number of nitro groups is 3. The summed E-state index contributed by atoms with van der Waals surface area (Å²) in [4.78, 5) is 29.7. The Hall–Kier alpha value is -3.97. The molecular weight excluding hydrogens is 393 g/mol. The van der Waals surface area contributed by atoms with Gasteiger partial charge in [0.2, 0.25) is 0 Å². The molecule has 0 spiro atoms. The smallest absolute Gasteiger partial charge is 0.418 e. The van der Waals surface area contributed by atoms with Crippen LogP contribution >= 0.6 is 0 Å². The summed E-state index contributed by atoms with van der Waals surface area (Å²) in [6.07, 6.45) is -5.17. The summed E-state index contributed by atoms with van der Waals surface area (Å²) in [5.74, 6) is -0.269. The van der Waals surface area contributed by atoms with Crippen LogP contribution in [0.4, 0.5) is 41.6 Å². The lowest BCUT2D eigenvalue weighted by Gasteiger charge is -2.16. The molecule has 28 heavy (non-hydrogen) atoms. The molecular formula is C14H9F3N4O7. The van der Waals surface area contributed by atoms with Crippen molar-refractivity contribution < 1.29 is 32.7 Å². The van der Waals surface area contributed by atoms with E-state index in [-0.39, 0.29) is 17.5 Å². The zero-order chi connectivity index (χ0) is 21.2. The van der Waals surface area contributed by atoms with E-state index in [1.165, 1.54) is 0 Å². The Kier molecular flexibility index (Phi) is 5.33. The number of hydrogen-bond donors (Lipinski definition) is 1. The molecule has 0 atom stereocenters. The number of ether oxygens (including phenoxy) is 1. The van der Waals surface area contributed by atoms with Gasteiger partial charge < -0.3 is 10.1 Å². The van der Waals surface area contributed by atoms with Gasteiger partial charge in [0.05, 0.1) is 45.3 Å². The molecule has 2 aromatic carbocycles. The van der Waals surface area contributed by atoms with Crippen molar-refractivity contribution in [2.45, 2.75) is 6.18 Å². The molecule has 0 saturated carbocycles. The van der Waals surface area contributed by atoms with Gasteiger partial charge in [-0.1, -0.05) is 0 Å². The Labute approximate surface area is 152 Å². The number of alkyl halides is 3.